The second-order valence-electron chi connectivity index (χ2n) is 4.86. The van der Waals surface area contributed by atoms with Crippen LogP contribution in [-0.2, 0) is 6.42 Å². The molecule has 104 valence electrons. The van der Waals surface area contributed by atoms with Gasteiger partial charge >= 0.3 is 0 Å². The van der Waals surface area contributed by atoms with E-state index in [9.17, 15) is 4.79 Å². The maximum absolute atomic E-state index is 12.4. The van der Waals surface area contributed by atoms with Crippen LogP contribution in [0, 0.1) is 0 Å². The first-order valence-electron chi connectivity index (χ1n) is 6.55. The van der Waals surface area contributed by atoms with Crippen LogP contribution in [0.2, 0.25) is 5.02 Å². The number of aromatic nitrogens is 1. The molecule has 3 nitrogen and oxygen atoms in total. The molecule has 1 heterocycles. The SMILES string of the molecule is Nc1cc(Cl)cc(C(=O)Cc2ccnc3ccccc23)c1. The van der Waals surface area contributed by atoms with Crippen LogP contribution in [0.15, 0.2) is 54.7 Å². The highest BCUT2D eigenvalue weighted by Gasteiger charge is 2.11. The average molecular weight is 297 g/mol. The molecule has 0 atom stereocenters. The van der Waals surface area contributed by atoms with Gasteiger partial charge in [-0.25, -0.2) is 0 Å². The molecule has 0 unspecified atom stereocenters. The number of nitrogen functional groups attached to an aromatic ring is 1. The molecule has 21 heavy (non-hydrogen) atoms. The van der Waals surface area contributed by atoms with Gasteiger partial charge in [-0.15, -0.1) is 0 Å². The summed E-state index contributed by atoms with van der Waals surface area (Å²) in [6.07, 6.45) is 2.01. The van der Waals surface area contributed by atoms with Crippen molar-refractivity contribution in [3.05, 3.63) is 70.9 Å². The number of anilines is 1. The van der Waals surface area contributed by atoms with Gasteiger partial charge in [0.2, 0.25) is 0 Å². The molecule has 0 fully saturated rings. The van der Waals surface area contributed by atoms with Gasteiger partial charge in [0.05, 0.1) is 5.52 Å². The van der Waals surface area contributed by atoms with E-state index in [1.807, 2.05) is 30.3 Å². The Morgan fingerprint density at radius 3 is 2.76 bits per heavy atom. The number of fused-ring (bicyclic) bond motifs is 1. The maximum atomic E-state index is 12.4. The normalized spacial score (nSPS) is 10.7. The largest absolute Gasteiger partial charge is 0.399 e. The van der Waals surface area contributed by atoms with Gasteiger partial charge in [0, 0.05) is 34.3 Å². The molecule has 0 bridgehead atoms. The van der Waals surface area contributed by atoms with Crippen LogP contribution < -0.4 is 5.73 Å². The number of para-hydroxylation sites is 1. The predicted molar refractivity (Wildman–Crippen MR) is 85.6 cm³/mol. The van der Waals surface area contributed by atoms with Gasteiger partial charge in [-0.3, -0.25) is 9.78 Å². The van der Waals surface area contributed by atoms with Crippen LogP contribution in [0.5, 0.6) is 0 Å². The summed E-state index contributed by atoms with van der Waals surface area (Å²) < 4.78 is 0. The van der Waals surface area contributed by atoms with Gasteiger partial charge in [0.25, 0.3) is 0 Å². The fourth-order valence-electron chi connectivity index (χ4n) is 2.36. The molecular weight excluding hydrogens is 284 g/mol. The fourth-order valence-corrected chi connectivity index (χ4v) is 2.60. The lowest BCUT2D eigenvalue weighted by Crippen LogP contribution is -2.05. The molecule has 3 aromatic rings. The Morgan fingerprint density at radius 1 is 1.14 bits per heavy atom. The maximum Gasteiger partial charge on any atom is 0.167 e. The van der Waals surface area contributed by atoms with Gasteiger partial charge in [0.1, 0.15) is 0 Å². The lowest BCUT2D eigenvalue weighted by Gasteiger charge is -2.06. The number of hydrogen-bond donors (Lipinski definition) is 1. The number of hydrogen-bond acceptors (Lipinski definition) is 3. The van der Waals surface area contributed by atoms with Crippen molar-refractivity contribution >= 4 is 34.0 Å². The molecule has 0 saturated carbocycles. The third kappa shape index (κ3) is 2.88. The van der Waals surface area contributed by atoms with Crippen molar-refractivity contribution in [2.75, 3.05) is 5.73 Å². The molecular formula is C17H13ClN2O. The molecule has 1 aromatic heterocycles. The number of halogens is 1. The summed E-state index contributed by atoms with van der Waals surface area (Å²) in [7, 11) is 0. The molecule has 3 rings (SSSR count). The zero-order chi connectivity index (χ0) is 14.8. The third-order valence-corrected chi connectivity index (χ3v) is 3.55. The zero-order valence-corrected chi connectivity index (χ0v) is 12.0. The standard InChI is InChI=1S/C17H13ClN2O/c18-13-7-12(8-14(19)10-13)17(21)9-11-5-6-20-16-4-2-1-3-15(11)16/h1-8,10H,9,19H2. The summed E-state index contributed by atoms with van der Waals surface area (Å²) in [5, 5.41) is 1.46. The highest BCUT2D eigenvalue weighted by atomic mass is 35.5. The number of ketones is 1. The number of benzene rings is 2. The van der Waals surface area contributed by atoms with E-state index in [2.05, 4.69) is 4.98 Å². The number of rotatable bonds is 3. The molecule has 0 aliphatic heterocycles. The fraction of sp³-hybridized carbons (Fsp3) is 0.0588. The lowest BCUT2D eigenvalue weighted by molar-refractivity contribution is 0.0993. The average Bonchev–Trinajstić information content (AvgIpc) is 2.46. The minimum Gasteiger partial charge on any atom is -0.399 e. The van der Waals surface area contributed by atoms with Crippen molar-refractivity contribution in [3.8, 4) is 0 Å². The summed E-state index contributed by atoms with van der Waals surface area (Å²) in [5.74, 6) is -0.0134. The first-order chi connectivity index (χ1) is 10.1. The second-order valence-corrected chi connectivity index (χ2v) is 5.30. The quantitative estimate of drug-likeness (QED) is 0.589. The van der Waals surface area contributed by atoms with Crippen LogP contribution >= 0.6 is 11.6 Å². The monoisotopic (exact) mass is 296 g/mol. The van der Waals surface area contributed by atoms with Crippen molar-refractivity contribution in [3.63, 3.8) is 0 Å². The van der Waals surface area contributed by atoms with Crippen molar-refractivity contribution in [1.82, 2.24) is 4.98 Å². The minimum atomic E-state index is -0.0134. The van der Waals surface area contributed by atoms with Gasteiger partial charge in [-0.2, -0.15) is 0 Å². The first kappa shape index (κ1) is 13.6. The van der Waals surface area contributed by atoms with E-state index in [0.717, 1.165) is 16.5 Å². The summed E-state index contributed by atoms with van der Waals surface area (Å²) >= 11 is 5.95. The predicted octanol–water partition coefficient (Wildman–Crippen LogP) is 3.90. The van der Waals surface area contributed by atoms with Crippen LogP contribution in [0.25, 0.3) is 10.9 Å². The molecule has 4 heteroatoms. The van der Waals surface area contributed by atoms with Crippen LogP contribution in [0.4, 0.5) is 5.69 Å². The van der Waals surface area contributed by atoms with E-state index >= 15 is 0 Å². The van der Waals surface area contributed by atoms with Gasteiger partial charge < -0.3 is 5.73 Å². The van der Waals surface area contributed by atoms with Gasteiger partial charge in [0.15, 0.2) is 5.78 Å². The van der Waals surface area contributed by atoms with E-state index in [1.165, 1.54) is 0 Å². The Kier molecular flexibility index (Phi) is 3.59. The van der Waals surface area contributed by atoms with E-state index in [0.29, 0.717) is 22.7 Å². The van der Waals surface area contributed by atoms with E-state index in [1.54, 1.807) is 24.4 Å². The molecule has 0 spiro atoms. The van der Waals surface area contributed by atoms with Crippen LogP contribution in [-0.4, -0.2) is 10.8 Å². The molecule has 0 amide bonds. The molecule has 0 saturated heterocycles. The van der Waals surface area contributed by atoms with Crippen LogP contribution in [0.3, 0.4) is 0 Å². The summed E-state index contributed by atoms with van der Waals surface area (Å²) in [5.41, 5.74) is 8.59. The highest BCUT2D eigenvalue weighted by Crippen LogP contribution is 2.21. The Morgan fingerprint density at radius 2 is 1.95 bits per heavy atom. The van der Waals surface area contributed by atoms with Crippen molar-refractivity contribution in [1.29, 1.82) is 0 Å². The second kappa shape index (κ2) is 5.54. The highest BCUT2D eigenvalue weighted by molar-refractivity contribution is 6.31. The third-order valence-electron chi connectivity index (χ3n) is 3.33. The van der Waals surface area contributed by atoms with Crippen LogP contribution in [0.1, 0.15) is 15.9 Å². The summed E-state index contributed by atoms with van der Waals surface area (Å²) in [6.45, 7) is 0. The Labute approximate surface area is 127 Å². The Hall–Kier alpha value is -2.39. The number of pyridine rings is 1. The first-order valence-corrected chi connectivity index (χ1v) is 6.93. The van der Waals surface area contributed by atoms with E-state index in [4.69, 9.17) is 17.3 Å². The number of Topliss-reactive ketones (excluding diaryl/α,β-unsaturated/α-hetero) is 1. The minimum absolute atomic E-state index is 0.0134. The number of nitrogens with zero attached hydrogens (tertiary/aromatic N) is 1. The lowest BCUT2D eigenvalue weighted by atomic mass is 10.00. The Bertz CT molecular complexity index is 804. The smallest absolute Gasteiger partial charge is 0.167 e. The number of carbonyl (C=O) groups excluding carboxylic acids is 1. The molecule has 0 radical (unpaired) electrons. The Balaban J connectivity index is 1.96. The molecule has 0 aliphatic carbocycles. The van der Waals surface area contributed by atoms with Crippen molar-refractivity contribution in [2.45, 2.75) is 6.42 Å². The van der Waals surface area contributed by atoms with Crippen molar-refractivity contribution in [2.24, 2.45) is 0 Å². The zero-order valence-electron chi connectivity index (χ0n) is 11.2. The number of nitrogens with two attached hydrogens (primary N) is 1. The topological polar surface area (TPSA) is 56.0 Å². The van der Waals surface area contributed by atoms with E-state index < -0.39 is 0 Å². The number of carbonyl (C=O) groups is 1. The van der Waals surface area contributed by atoms with Crippen molar-refractivity contribution < 1.29 is 4.79 Å². The van der Waals surface area contributed by atoms with Gasteiger partial charge in [-0.1, -0.05) is 29.8 Å². The molecule has 2 aromatic carbocycles. The molecule has 0 aliphatic rings. The summed E-state index contributed by atoms with van der Waals surface area (Å²) in [4.78, 5) is 16.7. The summed E-state index contributed by atoms with van der Waals surface area (Å²) in [6, 6.07) is 14.6. The van der Waals surface area contributed by atoms with E-state index in [-0.39, 0.29) is 5.78 Å². The molecule has 2 N–H and O–H groups in total. The van der Waals surface area contributed by atoms with Gasteiger partial charge in [-0.05, 0) is 35.9 Å².